The topological polar surface area (TPSA) is 46.5 Å². The van der Waals surface area contributed by atoms with Crippen LogP contribution in [0.3, 0.4) is 0 Å². The highest BCUT2D eigenvalue weighted by molar-refractivity contribution is 5.76. The van der Waals surface area contributed by atoms with Crippen LogP contribution in [0.5, 0.6) is 5.75 Å². The predicted octanol–water partition coefficient (Wildman–Crippen LogP) is 6.36. The van der Waals surface area contributed by atoms with E-state index >= 15 is 0 Å². The monoisotopic (exact) mass is 416 g/mol. The predicted molar refractivity (Wildman–Crippen MR) is 118 cm³/mol. The van der Waals surface area contributed by atoms with E-state index < -0.39 is 5.97 Å². The highest BCUT2D eigenvalue weighted by Crippen LogP contribution is 2.48. The summed E-state index contributed by atoms with van der Waals surface area (Å²) < 4.78 is 21.1. The van der Waals surface area contributed by atoms with Crippen molar-refractivity contribution in [2.75, 3.05) is 0 Å². The molecule has 0 radical (unpaired) electrons. The van der Waals surface area contributed by atoms with Gasteiger partial charge in [-0.05, 0) is 90.6 Å². The summed E-state index contributed by atoms with van der Waals surface area (Å²) in [6, 6.07) is 17.3. The molecule has 5 rings (SSSR count). The van der Waals surface area contributed by atoms with E-state index in [-0.39, 0.29) is 23.8 Å². The highest BCUT2D eigenvalue weighted by Gasteiger charge is 2.44. The largest absolute Gasteiger partial charge is 0.486 e. The second-order valence-corrected chi connectivity index (χ2v) is 8.76. The molecule has 0 bridgehead atoms. The summed E-state index contributed by atoms with van der Waals surface area (Å²) in [6.07, 6.45) is 1.89. The molecule has 2 aliphatic carbocycles. The van der Waals surface area contributed by atoms with Crippen molar-refractivity contribution in [2.45, 2.75) is 45.1 Å². The van der Waals surface area contributed by atoms with Gasteiger partial charge in [0.15, 0.2) is 0 Å². The molecule has 4 heteroatoms. The average Bonchev–Trinajstić information content (AvgIpc) is 3.44. The molecular weight excluding hydrogens is 391 g/mol. The van der Waals surface area contributed by atoms with Crippen LogP contribution in [-0.2, 0) is 11.2 Å². The lowest BCUT2D eigenvalue weighted by atomic mass is 9.90. The minimum Gasteiger partial charge on any atom is -0.486 e. The Morgan fingerprint density at radius 1 is 1.03 bits per heavy atom. The molecule has 31 heavy (non-hydrogen) atoms. The highest BCUT2D eigenvalue weighted by atomic mass is 19.1. The molecule has 3 nitrogen and oxygen atoms in total. The van der Waals surface area contributed by atoms with Gasteiger partial charge in [0.05, 0.1) is 5.92 Å². The maximum atomic E-state index is 14.9. The summed E-state index contributed by atoms with van der Waals surface area (Å²) in [5.41, 5.74) is 7.39. The zero-order valence-electron chi connectivity index (χ0n) is 17.7. The van der Waals surface area contributed by atoms with Crippen LogP contribution in [0.15, 0.2) is 54.6 Å². The molecule has 1 saturated carbocycles. The second-order valence-electron chi connectivity index (χ2n) is 8.76. The molecule has 3 aromatic carbocycles. The zero-order chi connectivity index (χ0) is 21.7. The summed E-state index contributed by atoms with van der Waals surface area (Å²) in [5.74, 6) is -0.442. The summed E-state index contributed by atoms with van der Waals surface area (Å²) in [4.78, 5) is 11.1. The Morgan fingerprint density at radius 3 is 2.39 bits per heavy atom. The van der Waals surface area contributed by atoms with Crippen molar-refractivity contribution in [3.8, 4) is 16.9 Å². The summed E-state index contributed by atoms with van der Waals surface area (Å²) >= 11 is 0. The van der Waals surface area contributed by atoms with E-state index in [0.29, 0.717) is 17.7 Å². The maximum absolute atomic E-state index is 14.9. The van der Waals surface area contributed by atoms with Crippen LogP contribution < -0.4 is 4.74 Å². The minimum atomic E-state index is -0.733. The van der Waals surface area contributed by atoms with E-state index in [0.717, 1.165) is 29.5 Å². The molecule has 0 amide bonds. The third-order valence-electron chi connectivity index (χ3n) is 6.73. The fourth-order valence-electron chi connectivity index (χ4n) is 5.06. The molecule has 0 aromatic heterocycles. The molecule has 0 heterocycles. The Morgan fingerprint density at radius 2 is 1.74 bits per heavy atom. The molecule has 1 N–H and O–H groups in total. The van der Waals surface area contributed by atoms with Crippen LogP contribution in [0.1, 0.15) is 52.7 Å². The lowest BCUT2D eigenvalue weighted by molar-refractivity contribution is -0.138. The molecule has 0 aliphatic heterocycles. The Hall–Kier alpha value is -3.14. The molecule has 3 atom stereocenters. The number of halogens is 1. The number of benzene rings is 3. The lowest BCUT2D eigenvalue weighted by Crippen LogP contribution is -2.06. The number of hydrogen-bond donors (Lipinski definition) is 1. The standard InChI is InChI=1S/C27H25FO3/c1-15-4-3-5-16(2)25(15)19-10-12-23(28)26-20(19)11-13-24(26)31-18-8-6-17(7-9-18)21-14-22(21)27(29)30/h3-10,12,21-22,24H,11,13-14H2,1-2H3,(H,29,30)/t21-,22+,24+/m0/s1. The fraction of sp³-hybridized carbons (Fsp3) is 0.296. The van der Waals surface area contributed by atoms with Crippen molar-refractivity contribution in [3.63, 3.8) is 0 Å². The molecule has 0 spiro atoms. The number of ether oxygens (including phenoxy) is 1. The first-order valence-corrected chi connectivity index (χ1v) is 10.8. The van der Waals surface area contributed by atoms with Gasteiger partial charge in [-0.3, -0.25) is 4.79 Å². The van der Waals surface area contributed by atoms with Crippen molar-refractivity contribution in [2.24, 2.45) is 5.92 Å². The van der Waals surface area contributed by atoms with Gasteiger partial charge in [0.25, 0.3) is 0 Å². The first kappa shape index (κ1) is 19.8. The average molecular weight is 416 g/mol. The Balaban J connectivity index is 1.42. The number of fused-ring (bicyclic) bond motifs is 1. The summed E-state index contributed by atoms with van der Waals surface area (Å²) in [6.45, 7) is 4.19. The molecule has 0 unspecified atom stereocenters. The summed E-state index contributed by atoms with van der Waals surface area (Å²) in [7, 11) is 0. The zero-order valence-corrected chi connectivity index (χ0v) is 17.7. The number of carbonyl (C=O) groups is 1. The van der Waals surface area contributed by atoms with Gasteiger partial charge in [0.1, 0.15) is 17.7 Å². The third-order valence-corrected chi connectivity index (χ3v) is 6.73. The molecule has 1 fully saturated rings. The Labute approximate surface area is 181 Å². The van der Waals surface area contributed by atoms with Crippen molar-refractivity contribution >= 4 is 5.97 Å². The SMILES string of the molecule is Cc1cccc(C)c1-c1ccc(F)c2c1CC[C@H]2Oc1ccc([C@@H]2C[C@H]2C(=O)O)cc1. The van der Waals surface area contributed by atoms with Gasteiger partial charge < -0.3 is 9.84 Å². The van der Waals surface area contributed by atoms with Crippen molar-refractivity contribution < 1.29 is 19.0 Å². The fourth-order valence-corrected chi connectivity index (χ4v) is 5.06. The number of hydrogen-bond acceptors (Lipinski definition) is 2. The lowest BCUT2D eigenvalue weighted by Gasteiger charge is -2.18. The van der Waals surface area contributed by atoms with Gasteiger partial charge in [-0.1, -0.05) is 36.4 Å². The molecule has 2 aliphatic rings. The van der Waals surface area contributed by atoms with E-state index in [4.69, 9.17) is 9.84 Å². The number of carboxylic acids is 1. The number of rotatable bonds is 5. The Bertz CT molecular complexity index is 1150. The molecule has 3 aromatic rings. The van der Waals surface area contributed by atoms with Gasteiger partial charge in [0.2, 0.25) is 0 Å². The number of aryl methyl sites for hydroxylation is 2. The molecule has 158 valence electrons. The van der Waals surface area contributed by atoms with Crippen LogP contribution in [0.25, 0.3) is 11.1 Å². The van der Waals surface area contributed by atoms with Crippen LogP contribution >= 0.6 is 0 Å². The second kappa shape index (κ2) is 7.52. The minimum absolute atomic E-state index is 0.0936. The Kier molecular flexibility index (Phi) is 4.81. The van der Waals surface area contributed by atoms with E-state index in [2.05, 4.69) is 26.0 Å². The first-order valence-electron chi connectivity index (χ1n) is 10.8. The molecule has 0 saturated heterocycles. The van der Waals surface area contributed by atoms with Gasteiger partial charge in [-0.2, -0.15) is 0 Å². The van der Waals surface area contributed by atoms with Crippen LogP contribution in [0.2, 0.25) is 0 Å². The van der Waals surface area contributed by atoms with E-state index in [9.17, 15) is 9.18 Å². The first-order chi connectivity index (χ1) is 14.9. The van der Waals surface area contributed by atoms with Crippen LogP contribution in [-0.4, -0.2) is 11.1 Å². The maximum Gasteiger partial charge on any atom is 0.307 e. The molecular formula is C27H25FO3. The quantitative estimate of drug-likeness (QED) is 0.526. The van der Waals surface area contributed by atoms with Crippen molar-refractivity contribution in [1.82, 2.24) is 0 Å². The smallest absolute Gasteiger partial charge is 0.307 e. The van der Waals surface area contributed by atoms with Crippen molar-refractivity contribution in [3.05, 3.63) is 88.2 Å². The number of carboxylic acid groups (broad SMARTS) is 1. The van der Waals surface area contributed by atoms with Crippen LogP contribution in [0, 0.1) is 25.6 Å². The summed E-state index contributed by atoms with van der Waals surface area (Å²) in [5, 5.41) is 9.13. The third kappa shape index (κ3) is 3.50. The van der Waals surface area contributed by atoms with E-state index in [1.807, 2.05) is 36.4 Å². The van der Waals surface area contributed by atoms with E-state index in [1.165, 1.54) is 16.7 Å². The van der Waals surface area contributed by atoms with Gasteiger partial charge in [-0.15, -0.1) is 0 Å². The van der Waals surface area contributed by atoms with Gasteiger partial charge in [0, 0.05) is 5.56 Å². The normalized spacial score (nSPS) is 21.6. The van der Waals surface area contributed by atoms with Gasteiger partial charge in [-0.25, -0.2) is 4.39 Å². The van der Waals surface area contributed by atoms with Gasteiger partial charge >= 0.3 is 5.97 Å². The van der Waals surface area contributed by atoms with E-state index in [1.54, 1.807) is 6.07 Å². The van der Waals surface area contributed by atoms with Crippen LogP contribution in [0.4, 0.5) is 4.39 Å². The number of aliphatic carboxylic acids is 1. The van der Waals surface area contributed by atoms with Crippen molar-refractivity contribution in [1.29, 1.82) is 0 Å².